The first kappa shape index (κ1) is 21.6. The van der Waals surface area contributed by atoms with Crippen molar-refractivity contribution in [1.29, 1.82) is 0 Å². The highest BCUT2D eigenvalue weighted by atomic mass is 16.5. The average molecular weight is 425 g/mol. The van der Waals surface area contributed by atoms with Crippen molar-refractivity contribution in [2.45, 2.75) is 46.2 Å². The molecular weight excluding hydrogens is 392 g/mol. The van der Waals surface area contributed by atoms with Gasteiger partial charge in [-0.3, -0.25) is 14.6 Å². The van der Waals surface area contributed by atoms with Gasteiger partial charge in [0.15, 0.2) is 0 Å². The summed E-state index contributed by atoms with van der Waals surface area (Å²) in [6.07, 6.45) is 6.61. The van der Waals surface area contributed by atoms with Crippen LogP contribution in [0.15, 0.2) is 30.6 Å². The fraction of sp³-hybridized carbons (Fsp3) is 0.542. The topological polar surface area (TPSA) is 76.5 Å². The number of likely N-dealkylation sites (tertiary alicyclic amines) is 1. The molecule has 2 amide bonds. The standard InChI is InChI=1S/C24H32N4O3/c1-17-13-20(18(2)28(17)11-12-31-3)23(30)27-15-21(24(16-27)7-4-8-24)22(29)26-14-19-5-9-25-10-6-19/h5-6,9-10,13,21H,4,7-8,11-12,14-16H2,1-3H3,(H,26,29). The molecule has 2 fully saturated rings. The van der Waals surface area contributed by atoms with Crippen LogP contribution in [0.2, 0.25) is 0 Å². The van der Waals surface area contributed by atoms with Gasteiger partial charge in [-0.25, -0.2) is 0 Å². The maximum atomic E-state index is 13.4. The predicted octanol–water partition coefficient (Wildman–Crippen LogP) is 2.71. The van der Waals surface area contributed by atoms with Crippen LogP contribution < -0.4 is 5.32 Å². The molecule has 2 aliphatic rings. The molecule has 7 nitrogen and oxygen atoms in total. The van der Waals surface area contributed by atoms with Gasteiger partial charge in [0.1, 0.15) is 0 Å². The van der Waals surface area contributed by atoms with E-state index in [9.17, 15) is 9.59 Å². The Balaban J connectivity index is 1.47. The Morgan fingerprint density at radius 3 is 2.65 bits per heavy atom. The number of nitrogens with one attached hydrogen (secondary N) is 1. The van der Waals surface area contributed by atoms with E-state index in [0.29, 0.717) is 26.2 Å². The molecule has 4 rings (SSSR count). The third kappa shape index (κ3) is 4.11. The van der Waals surface area contributed by atoms with Crippen LogP contribution in [0.5, 0.6) is 0 Å². The normalized spacial score (nSPS) is 19.5. The Hall–Kier alpha value is -2.67. The molecule has 2 aromatic heterocycles. The number of amides is 2. The van der Waals surface area contributed by atoms with Gasteiger partial charge in [-0.1, -0.05) is 6.42 Å². The molecule has 31 heavy (non-hydrogen) atoms. The van der Waals surface area contributed by atoms with E-state index in [0.717, 1.165) is 48.3 Å². The molecular formula is C24H32N4O3. The molecule has 1 atom stereocenters. The first-order valence-electron chi connectivity index (χ1n) is 11.1. The van der Waals surface area contributed by atoms with Crippen LogP contribution in [0.25, 0.3) is 0 Å². The number of carbonyl (C=O) groups is 2. The van der Waals surface area contributed by atoms with Gasteiger partial charge in [-0.05, 0) is 50.5 Å². The Kier molecular flexibility index (Phi) is 6.14. The largest absolute Gasteiger partial charge is 0.383 e. The van der Waals surface area contributed by atoms with Gasteiger partial charge in [0.05, 0.1) is 18.1 Å². The van der Waals surface area contributed by atoms with Crippen LogP contribution in [0, 0.1) is 25.2 Å². The van der Waals surface area contributed by atoms with Crippen LogP contribution in [-0.4, -0.2) is 53.1 Å². The number of aryl methyl sites for hydroxylation is 1. The molecule has 1 saturated carbocycles. The number of nitrogens with zero attached hydrogens (tertiary/aromatic N) is 3. The quantitative estimate of drug-likeness (QED) is 0.742. The van der Waals surface area contributed by atoms with Crippen molar-refractivity contribution in [1.82, 2.24) is 19.8 Å². The van der Waals surface area contributed by atoms with E-state index in [-0.39, 0.29) is 23.1 Å². The van der Waals surface area contributed by atoms with Crippen molar-refractivity contribution in [3.05, 3.63) is 53.1 Å². The molecule has 1 spiro atoms. The van der Waals surface area contributed by atoms with E-state index in [2.05, 4.69) is 14.9 Å². The molecule has 3 heterocycles. The summed E-state index contributed by atoms with van der Waals surface area (Å²) in [5.74, 6) is -0.0612. The second kappa shape index (κ2) is 8.83. The number of pyridine rings is 1. The van der Waals surface area contributed by atoms with Gasteiger partial charge in [-0.15, -0.1) is 0 Å². The van der Waals surface area contributed by atoms with Crippen LogP contribution >= 0.6 is 0 Å². The number of aromatic nitrogens is 2. The van der Waals surface area contributed by atoms with Crippen molar-refractivity contribution in [2.24, 2.45) is 11.3 Å². The summed E-state index contributed by atoms with van der Waals surface area (Å²) in [4.78, 5) is 32.4. The molecule has 1 saturated heterocycles. The SMILES string of the molecule is COCCn1c(C)cc(C(=O)N2CC(C(=O)NCc3ccncc3)C3(CCC3)C2)c1C. The van der Waals surface area contributed by atoms with E-state index < -0.39 is 0 Å². The molecule has 7 heteroatoms. The van der Waals surface area contributed by atoms with E-state index >= 15 is 0 Å². The average Bonchev–Trinajstić information content (AvgIpc) is 3.29. The summed E-state index contributed by atoms with van der Waals surface area (Å²) in [5, 5.41) is 3.09. The lowest BCUT2D eigenvalue weighted by atomic mass is 9.62. The van der Waals surface area contributed by atoms with Crippen LogP contribution in [0.1, 0.15) is 46.6 Å². The highest BCUT2D eigenvalue weighted by Crippen LogP contribution is 2.52. The zero-order chi connectivity index (χ0) is 22.0. The summed E-state index contributed by atoms with van der Waals surface area (Å²) in [7, 11) is 1.68. The molecule has 1 aliphatic carbocycles. The Labute approximate surface area is 183 Å². The number of rotatable bonds is 7. The molecule has 1 aliphatic heterocycles. The molecule has 0 radical (unpaired) electrons. The second-order valence-corrected chi connectivity index (χ2v) is 8.96. The Morgan fingerprint density at radius 2 is 2.00 bits per heavy atom. The van der Waals surface area contributed by atoms with E-state index in [1.165, 1.54) is 0 Å². The summed E-state index contributed by atoms with van der Waals surface area (Å²) >= 11 is 0. The van der Waals surface area contributed by atoms with E-state index in [1.807, 2.05) is 36.9 Å². The van der Waals surface area contributed by atoms with Gasteiger partial charge >= 0.3 is 0 Å². The van der Waals surface area contributed by atoms with Crippen molar-refractivity contribution in [3.63, 3.8) is 0 Å². The van der Waals surface area contributed by atoms with Crippen molar-refractivity contribution in [2.75, 3.05) is 26.8 Å². The fourth-order valence-electron chi connectivity index (χ4n) is 5.15. The Bertz CT molecular complexity index is 949. The van der Waals surface area contributed by atoms with Crippen molar-refractivity contribution in [3.8, 4) is 0 Å². The maximum absolute atomic E-state index is 13.4. The number of hydrogen-bond acceptors (Lipinski definition) is 4. The van der Waals surface area contributed by atoms with Crippen molar-refractivity contribution < 1.29 is 14.3 Å². The molecule has 0 aromatic carbocycles. The Morgan fingerprint density at radius 1 is 1.26 bits per heavy atom. The summed E-state index contributed by atoms with van der Waals surface area (Å²) < 4.78 is 7.34. The fourth-order valence-corrected chi connectivity index (χ4v) is 5.15. The van der Waals surface area contributed by atoms with Crippen molar-refractivity contribution >= 4 is 11.8 Å². The monoisotopic (exact) mass is 424 g/mol. The number of methoxy groups -OCH3 is 1. The zero-order valence-electron chi connectivity index (χ0n) is 18.7. The van der Waals surface area contributed by atoms with Gasteiger partial charge in [0.25, 0.3) is 5.91 Å². The minimum atomic E-state index is -0.149. The summed E-state index contributed by atoms with van der Waals surface area (Å²) in [5.41, 5.74) is 3.72. The van der Waals surface area contributed by atoms with Gasteiger partial charge in [0.2, 0.25) is 5.91 Å². The second-order valence-electron chi connectivity index (χ2n) is 8.96. The zero-order valence-corrected chi connectivity index (χ0v) is 18.7. The smallest absolute Gasteiger partial charge is 0.255 e. The minimum absolute atomic E-state index is 0.0347. The van der Waals surface area contributed by atoms with E-state index in [1.54, 1.807) is 19.5 Å². The highest BCUT2D eigenvalue weighted by molar-refractivity contribution is 5.96. The van der Waals surface area contributed by atoms with Gasteiger partial charge in [-0.2, -0.15) is 0 Å². The molecule has 1 N–H and O–H groups in total. The lowest BCUT2D eigenvalue weighted by molar-refractivity contribution is -0.129. The lowest BCUT2D eigenvalue weighted by Crippen LogP contribution is -2.45. The maximum Gasteiger partial charge on any atom is 0.255 e. The molecule has 1 unspecified atom stereocenters. The lowest BCUT2D eigenvalue weighted by Gasteiger charge is -2.41. The van der Waals surface area contributed by atoms with Gasteiger partial charge < -0.3 is 19.5 Å². The summed E-state index contributed by atoms with van der Waals surface area (Å²) in [6, 6.07) is 5.78. The number of ether oxygens (including phenoxy) is 1. The minimum Gasteiger partial charge on any atom is -0.383 e. The predicted molar refractivity (Wildman–Crippen MR) is 118 cm³/mol. The number of hydrogen-bond donors (Lipinski definition) is 1. The third-order valence-corrected chi connectivity index (χ3v) is 7.14. The van der Waals surface area contributed by atoms with Gasteiger partial charge in [0, 0.05) is 62.5 Å². The van der Waals surface area contributed by atoms with Crippen LogP contribution in [0.3, 0.4) is 0 Å². The summed E-state index contributed by atoms with van der Waals surface area (Å²) in [6.45, 7) is 6.99. The van der Waals surface area contributed by atoms with Crippen LogP contribution in [-0.2, 0) is 22.6 Å². The van der Waals surface area contributed by atoms with E-state index in [4.69, 9.17) is 4.74 Å². The first-order valence-corrected chi connectivity index (χ1v) is 11.1. The molecule has 166 valence electrons. The molecule has 2 aromatic rings. The number of carbonyl (C=O) groups excluding carboxylic acids is 2. The van der Waals surface area contributed by atoms with Crippen LogP contribution in [0.4, 0.5) is 0 Å². The first-order chi connectivity index (χ1) is 14.9. The highest BCUT2D eigenvalue weighted by Gasteiger charge is 2.54. The molecule has 0 bridgehead atoms. The third-order valence-electron chi connectivity index (χ3n) is 7.14.